The van der Waals surface area contributed by atoms with Crippen molar-refractivity contribution in [2.24, 2.45) is 0 Å². The van der Waals surface area contributed by atoms with E-state index in [1.807, 2.05) is 80.6 Å². The zero-order chi connectivity index (χ0) is 25.2. The van der Waals surface area contributed by atoms with Gasteiger partial charge < -0.3 is 9.84 Å². The summed E-state index contributed by atoms with van der Waals surface area (Å²) < 4.78 is 6.59. The van der Waals surface area contributed by atoms with Gasteiger partial charge in [-0.1, -0.05) is 65.9 Å². The van der Waals surface area contributed by atoms with Crippen molar-refractivity contribution in [3.05, 3.63) is 107 Å². The maximum absolute atomic E-state index is 13.4. The Bertz CT molecular complexity index is 1520. The molecule has 0 radical (unpaired) electrons. The number of rotatable bonds is 7. The Hall–Kier alpha value is -4.23. The molecule has 1 aliphatic rings. The number of hydrogen-bond acceptors (Lipinski definition) is 6. The standard InChI is InChI=1S/C29H24N2O4S/c1-3-35-21-11-7-10-20(17-21)26-25(23(32)15-13-19-8-5-4-6-9-19)27(33)28(34)31(26)29-30-22-14-12-18(2)16-24(22)36-29/h4-17,26,33H,3H2,1-2H3. The fourth-order valence-electron chi connectivity index (χ4n) is 4.26. The summed E-state index contributed by atoms with van der Waals surface area (Å²) in [4.78, 5) is 32.9. The number of aliphatic hydroxyl groups is 1. The van der Waals surface area contributed by atoms with Crippen LogP contribution in [0.2, 0.25) is 0 Å². The van der Waals surface area contributed by atoms with Crippen LogP contribution in [0, 0.1) is 6.92 Å². The quantitative estimate of drug-likeness (QED) is 0.309. The molecule has 1 aromatic heterocycles. The molecule has 0 saturated carbocycles. The molecule has 36 heavy (non-hydrogen) atoms. The fourth-order valence-corrected chi connectivity index (χ4v) is 5.35. The van der Waals surface area contributed by atoms with Gasteiger partial charge in [0.05, 0.1) is 28.4 Å². The number of nitrogens with zero attached hydrogens (tertiary/aromatic N) is 2. The highest BCUT2D eigenvalue weighted by molar-refractivity contribution is 7.22. The van der Waals surface area contributed by atoms with Gasteiger partial charge in [-0.15, -0.1) is 0 Å². The minimum absolute atomic E-state index is 0.0104. The van der Waals surface area contributed by atoms with Gasteiger partial charge in [-0.3, -0.25) is 14.5 Å². The van der Waals surface area contributed by atoms with Gasteiger partial charge in [-0.25, -0.2) is 4.98 Å². The van der Waals surface area contributed by atoms with Gasteiger partial charge in [0.1, 0.15) is 5.75 Å². The summed E-state index contributed by atoms with van der Waals surface area (Å²) in [5.41, 5.74) is 3.32. The van der Waals surface area contributed by atoms with E-state index in [0.717, 1.165) is 21.3 Å². The lowest BCUT2D eigenvalue weighted by Gasteiger charge is -2.24. The first kappa shape index (κ1) is 23.5. The summed E-state index contributed by atoms with van der Waals surface area (Å²) >= 11 is 1.35. The second-order valence-electron chi connectivity index (χ2n) is 8.42. The Kier molecular flexibility index (Phi) is 6.40. The third-order valence-electron chi connectivity index (χ3n) is 5.92. The number of carbonyl (C=O) groups excluding carboxylic acids is 2. The van der Waals surface area contributed by atoms with Crippen molar-refractivity contribution in [3.63, 3.8) is 0 Å². The van der Waals surface area contributed by atoms with Crippen LogP contribution in [0.1, 0.15) is 29.7 Å². The summed E-state index contributed by atoms with van der Waals surface area (Å²) in [5.74, 6) is -1.06. The first-order valence-electron chi connectivity index (χ1n) is 11.6. The van der Waals surface area contributed by atoms with Crippen molar-refractivity contribution < 1.29 is 19.4 Å². The number of amides is 1. The van der Waals surface area contributed by atoms with Crippen molar-refractivity contribution >= 4 is 44.5 Å². The molecule has 2 heterocycles. The largest absolute Gasteiger partial charge is 0.503 e. The van der Waals surface area contributed by atoms with Crippen LogP contribution in [0.25, 0.3) is 16.3 Å². The molecule has 1 unspecified atom stereocenters. The van der Waals surface area contributed by atoms with E-state index in [1.165, 1.54) is 22.3 Å². The Morgan fingerprint density at radius 3 is 2.69 bits per heavy atom. The maximum Gasteiger partial charge on any atom is 0.296 e. The summed E-state index contributed by atoms with van der Waals surface area (Å²) in [6.07, 6.45) is 3.06. The lowest BCUT2D eigenvalue weighted by Crippen LogP contribution is -2.30. The second-order valence-corrected chi connectivity index (χ2v) is 9.43. The lowest BCUT2D eigenvalue weighted by atomic mass is 9.95. The summed E-state index contributed by atoms with van der Waals surface area (Å²) in [6.45, 7) is 4.35. The average Bonchev–Trinajstić information content (AvgIpc) is 3.41. The van der Waals surface area contributed by atoms with Crippen molar-refractivity contribution in [2.45, 2.75) is 19.9 Å². The van der Waals surface area contributed by atoms with Gasteiger partial charge in [0.15, 0.2) is 16.7 Å². The minimum atomic E-state index is -0.854. The van der Waals surface area contributed by atoms with Crippen LogP contribution in [0.4, 0.5) is 5.13 Å². The average molecular weight is 497 g/mol. The number of thiazole rings is 1. The highest BCUT2D eigenvalue weighted by Gasteiger charge is 2.45. The van der Waals surface area contributed by atoms with Crippen LogP contribution < -0.4 is 9.64 Å². The van der Waals surface area contributed by atoms with Gasteiger partial charge in [0, 0.05) is 0 Å². The minimum Gasteiger partial charge on any atom is -0.503 e. The Morgan fingerprint density at radius 2 is 1.92 bits per heavy atom. The summed E-state index contributed by atoms with van der Waals surface area (Å²) in [5, 5.41) is 11.4. The number of allylic oxidation sites excluding steroid dienone is 1. The van der Waals surface area contributed by atoms with E-state index in [4.69, 9.17) is 4.74 Å². The monoisotopic (exact) mass is 496 g/mol. The van der Waals surface area contributed by atoms with Crippen LogP contribution in [0.15, 0.2) is 90.2 Å². The Balaban J connectivity index is 1.61. The number of ether oxygens (including phenoxy) is 1. The second kappa shape index (κ2) is 9.79. The molecular formula is C29H24N2O4S. The van der Waals surface area contributed by atoms with E-state index in [1.54, 1.807) is 12.1 Å². The number of ketones is 1. The van der Waals surface area contributed by atoms with E-state index in [2.05, 4.69) is 4.98 Å². The molecule has 6 nitrogen and oxygen atoms in total. The highest BCUT2D eigenvalue weighted by atomic mass is 32.1. The number of aryl methyl sites for hydroxylation is 1. The fraction of sp³-hybridized carbons (Fsp3) is 0.138. The van der Waals surface area contributed by atoms with Crippen molar-refractivity contribution in [2.75, 3.05) is 11.5 Å². The van der Waals surface area contributed by atoms with Crippen LogP contribution >= 0.6 is 11.3 Å². The van der Waals surface area contributed by atoms with Crippen LogP contribution in [0.5, 0.6) is 5.75 Å². The van der Waals surface area contributed by atoms with E-state index < -0.39 is 23.5 Å². The van der Waals surface area contributed by atoms with Gasteiger partial charge in [-0.05, 0) is 60.9 Å². The Morgan fingerprint density at radius 1 is 1.11 bits per heavy atom. The van der Waals surface area contributed by atoms with E-state index in [0.29, 0.717) is 23.1 Å². The van der Waals surface area contributed by atoms with Crippen molar-refractivity contribution in [1.82, 2.24) is 4.98 Å². The first-order chi connectivity index (χ1) is 17.5. The molecule has 5 rings (SSSR count). The van der Waals surface area contributed by atoms with E-state index in [9.17, 15) is 14.7 Å². The zero-order valence-electron chi connectivity index (χ0n) is 19.8. The van der Waals surface area contributed by atoms with E-state index >= 15 is 0 Å². The highest BCUT2D eigenvalue weighted by Crippen LogP contribution is 2.44. The number of fused-ring (bicyclic) bond motifs is 1. The molecule has 0 spiro atoms. The van der Waals surface area contributed by atoms with Crippen LogP contribution in [-0.2, 0) is 9.59 Å². The number of hydrogen-bond donors (Lipinski definition) is 1. The molecule has 1 aliphatic heterocycles. The molecule has 4 aromatic rings. The predicted molar refractivity (Wildman–Crippen MR) is 142 cm³/mol. The van der Waals surface area contributed by atoms with Gasteiger partial charge in [0.25, 0.3) is 5.91 Å². The number of carbonyl (C=O) groups is 2. The predicted octanol–water partition coefficient (Wildman–Crippen LogP) is 6.19. The molecule has 0 aliphatic carbocycles. The molecule has 1 atom stereocenters. The topological polar surface area (TPSA) is 79.7 Å². The summed E-state index contributed by atoms with van der Waals surface area (Å²) in [7, 11) is 0. The molecule has 180 valence electrons. The molecule has 0 bridgehead atoms. The molecular weight excluding hydrogens is 472 g/mol. The molecule has 7 heteroatoms. The smallest absolute Gasteiger partial charge is 0.296 e. The zero-order valence-corrected chi connectivity index (χ0v) is 20.7. The van der Waals surface area contributed by atoms with Crippen molar-refractivity contribution in [1.29, 1.82) is 0 Å². The van der Waals surface area contributed by atoms with E-state index in [-0.39, 0.29) is 5.57 Å². The molecule has 1 N–H and O–H groups in total. The molecule has 0 fully saturated rings. The third kappa shape index (κ3) is 4.41. The first-order valence-corrected chi connectivity index (χ1v) is 12.4. The van der Waals surface area contributed by atoms with Gasteiger partial charge in [-0.2, -0.15) is 0 Å². The van der Waals surface area contributed by atoms with Crippen LogP contribution in [0.3, 0.4) is 0 Å². The Labute approximate surface area is 212 Å². The van der Waals surface area contributed by atoms with Gasteiger partial charge >= 0.3 is 0 Å². The number of anilines is 1. The molecule has 0 saturated heterocycles. The summed E-state index contributed by atoms with van der Waals surface area (Å²) in [6, 6.07) is 21.6. The van der Waals surface area contributed by atoms with Gasteiger partial charge in [0.2, 0.25) is 0 Å². The molecule has 3 aromatic carbocycles. The number of benzene rings is 3. The SMILES string of the molecule is CCOc1cccc(C2C(C(=O)C=Cc3ccccc3)=C(O)C(=O)N2c2nc3ccc(C)cc3s2)c1. The normalized spacial score (nSPS) is 15.9. The maximum atomic E-state index is 13.4. The third-order valence-corrected chi connectivity index (χ3v) is 6.94. The number of aromatic nitrogens is 1. The van der Waals surface area contributed by atoms with Crippen LogP contribution in [-0.4, -0.2) is 28.4 Å². The lowest BCUT2D eigenvalue weighted by molar-refractivity contribution is -0.117. The number of aliphatic hydroxyl groups excluding tert-OH is 1. The molecule has 1 amide bonds. The van der Waals surface area contributed by atoms with Crippen molar-refractivity contribution in [3.8, 4) is 5.75 Å².